The summed E-state index contributed by atoms with van der Waals surface area (Å²) in [6.45, 7) is 10.3. The van der Waals surface area contributed by atoms with Gasteiger partial charge in [0.1, 0.15) is 16.9 Å². The second-order valence-corrected chi connectivity index (χ2v) is 16.2. The number of likely N-dealkylation sites (tertiary alicyclic amines) is 1. The summed E-state index contributed by atoms with van der Waals surface area (Å²) < 4.78 is 31.4. The molecular formula is C39H49FN8O4. The number of carbonyl (C=O) groups excluding carboxylic acids is 2. The minimum absolute atomic E-state index is 0.0591. The highest BCUT2D eigenvalue weighted by Crippen LogP contribution is 2.50. The van der Waals surface area contributed by atoms with E-state index in [0.717, 1.165) is 66.1 Å². The molecule has 52 heavy (non-hydrogen) atoms. The number of nitrogens with zero attached hydrogens (tertiary/aromatic N) is 7. The molecule has 4 fully saturated rings. The summed E-state index contributed by atoms with van der Waals surface area (Å²) in [7, 11) is 3.87. The van der Waals surface area contributed by atoms with E-state index in [0.29, 0.717) is 49.6 Å². The van der Waals surface area contributed by atoms with E-state index >= 15 is 4.39 Å². The van der Waals surface area contributed by atoms with Crippen LogP contribution < -0.4 is 10.2 Å². The molecule has 8 rings (SSSR count). The van der Waals surface area contributed by atoms with Crippen LogP contribution >= 0.6 is 0 Å². The highest BCUT2D eigenvalue weighted by molar-refractivity contribution is 6.03. The van der Waals surface area contributed by atoms with E-state index in [-0.39, 0.29) is 41.7 Å². The Morgan fingerprint density at radius 3 is 2.54 bits per heavy atom. The van der Waals surface area contributed by atoms with Crippen molar-refractivity contribution < 1.29 is 23.5 Å². The van der Waals surface area contributed by atoms with E-state index in [1.165, 1.54) is 0 Å². The van der Waals surface area contributed by atoms with Crippen molar-refractivity contribution in [1.29, 1.82) is 0 Å². The topological polar surface area (TPSA) is 118 Å². The van der Waals surface area contributed by atoms with Gasteiger partial charge in [-0.3, -0.25) is 4.79 Å². The van der Waals surface area contributed by atoms with Crippen molar-refractivity contribution >= 4 is 39.6 Å². The molecule has 2 aromatic heterocycles. The van der Waals surface area contributed by atoms with Gasteiger partial charge in [0.05, 0.1) is 23.8 Å². The van der Waals surface area contributed by atoms with Crippen LogP contribution in [0.3, 0.4) is 0 Å². The minimum Gasteiger partial charge on any atom is -0.444 e. The normalized spacial score (nSPS) is 21.9. The Morgan fingerprint density at radius 2 is 1.87 bits per heavy atom. The zero-order valence-corrected chi connectivity index (χ0v) is 31.0. The van der Waals surface area contributed by atoms with Crippen molar-refractivity contribution in [2.45, 2.75) is 96.1 Å². The summed E-state index contributed by atoms with van der Waals surface area (Å²) in [5, 5.41) is 9.15. The molecule has 2 amide bonds. The number of piperazine rings is 1. The number of anilines is 1. The number of aromatic nitrogens is 4. The van der Waals surface area contributed by atoms with Gasteiger partial charge in [-0.2, -0.15) is 5.10 Å². The van der Waals surface area contributed by atoms with Gasteiger partial charge in [-0.25, -0.2) is 23.8 Å². The molecular weight excluding hydrogens is 663 g/mol. The molecule has 3 saturated heterocycles. The van der Waals surface area contributed by atoms with Crippen LogP contribution in [0.25, 0.3) is 32.9 Å². The molecule has 4 aromatic rings. The molecule has 3 atom stereocenters. The van der Waals surface area contributed by atoms with Crippen LogP contribution in [0, 0.1) is 12.7 Å². The number of ether oxygens (including phenoxy) is 2. The number of rotatable bonds is 8. The Labute approximate surface area is 303 Å². The SMILES string of the molecule is Cc1ccc2c(cnn2C2CCCCO2)c1-c1c(C2CC2)cc2c(N3C[C@@H]4C[C@H]3CN4C(=O)OC(C)(C)C)nc(C(=O)NCCN(C)C)nc2c1F. The second kappa shape index (κ2) is 13.2. The second-order valence-electron chi connectivity index (χ2n) is 16.2. The molecule has 3 aliphatic heterocycles. The third kappa shape index (κ3) is 6.35. The lowest BCUT2D eigenvalue weighted by molar-refractivity contribution is -0.0366. The average Bonchev–Trinajstić information content (AvgIpc) is 3.53. The number of hydrogen-bond acceptors (Lipinski definition) is 9. The Hall–Kier alpha value is -4.36. The number of fused-ring (bicyclic) bond motifs is 4. The first-order chi connectivity index (χ1) is 24.9. The van der Waals surface area contributed by atoms with E-state index in [2.05, 4.69) is 21.3 Å². The number of hydrogen-bond donors (Lipinski definition) is 1. The van der Waals surface area contributed by atoms with E-state index < -0.39 is 17.3 Å². The lowest BCUT2D eigenvalue weighted by atomic mass is 9.89. The largest absolute Gasteiger partial charge is 0.444 e. The maximum atomic E-state index is 17.7. The van der Waals surface area contributed by atoms with Crippen molar-refractivity contribution in [3.05, 3.63) is 47.2 Å². The van der Waals surface area contributed by atoms with Gasteiger partial charge in [0, 0.05) is 49.1 Å². The maximum Gasteiger partial charge on any atom is 0.410 e. The number of aryl methyl sites for hydroxylation is 1. The standard InChI is InChI=1S/C39H49FN8O4/c1-22-10-13-29-28(19-42-48(29)30-9-7-8-16-51-30)31(22)32-26(23-11-12-23)18-27-34(33(32)40)43-35(37(49)41-14-15-45(5)6)44-36(27)46-20-25-17-24(46)21-47(25)38(50)52-39(2,3)4/h10,13,18-19,23-25,30H,7-9,11-12,14-17,20-21H2,1-6H3,(H,41,49)/t24-,25-,30?/m0/s1. The highest BCUT2D eigenvalue weighted by Gasteiger charge is 2.48. The molecule has 5 heterocycles. The van der Waals surface area contributed by atoms with Gasteiger partial charge in [-0.05, 0) is 115 Å². The van der Waals surface area contributed by atoms with Crippen molar-refractivity contribution in [3.8, 4) is 11.1 Å². The quantitative estimate of drug-likeness (QED) is 0.229. The summed E-state index contributed by atoms with van der Waals surface area (Å²) >= 11 is 0. The van der Waals surface area contributed by atoms with E-state index in [1.54, 1.807) is 4.90 Å². The van der Waals surface area contributed by atoms with Crippen molar-refractivity contribution in [2.75, 3.05) is 51.8 Å². The lowest BCUT2D eigenvalue weighted by Gasteiger charge is -2.36. The van der Waals surface area contributed by atoms with Gasteiger partial charge in [0.25, 0.3) is 5.91 Å². The minimum atomic E-state index is -0.601. The number of likely N-dealkylation sites (N-methyl/N-ethyl adjacent to an activating group) is 1. The van der Waals surface area contributed by atoms with Crippen LogP contribution in [0.5, 0.6) is 0 Å². The molecule has 2 bridgehead atoms. The van der Waals surface area contributed by atoms with E-state index in [9.17, 15) is 9.59 Å². The summed E-state index contributed by atoms with van der Waals surface area (Å²) in [5.41, 5.74) is 3.60. The molecule has 1 N–H and O–H groups in total. The molecule has 0 spiro atoms. The molecule has 13 heteroatoms. The predicted molar refractivity (Wildman–Crippen MR) is 197 cm³/mol. The Balaban J connectivity index is 1.26. The number of nitrogens with one attached hydrogen (secondary N) is 1. The Kier molecular flexibility index (Phi) is 8.84. The zero-order valence-electron chi connectivity index (χ0n) is 31.0. The van der Waals surface area contributed by atoms with Crippen LogP contribution in [-0.4, -0.2) is 106 Å². The maximum absolute atomic E-state index is 17.7. The van der Waals surface area contributed by atoms with Gasteiger partial charge in [0.15, 0.2) is 12.0 Å². The lowest BCUT2D eigenvalue weighted by Crippen LogP contribution is -2.50. The number of carbonyl (C=O) groups is 2. The Morgan fingerprint density at radius 1 is 1.06 bits per heavy atom. The average molecular weight is 713 g/mol. The van der Waals surface area contributed by atoms with Crippen LogP contribution in [0.15, 0.2) is 24.4 Å². The van der Waals surface area contributed by atoms with Crippen LogP contribution in [0.2, 0.25) is 0 Å². The van der Waals surface area contributed by atoms with Crippen LogP contribution in [0.1, 0.15) is 93.2 Å². The molecule has 1 saturated carbocycles. The monoisotopic (exact) mass is 712 g/mol. The number of halogens is 1. The van der Waals surface area contributed by atoms with Gasteiger partial charge in [-0.1, -0.05) is 6.07 Å². The Bertz CT molecular complexity index is 2050. The molecule has 1 unspecified atom stereocenters. The fourth-order valence-electron chi connectivity index (χ4n) is 8.17. The summed E-state index contributed by atoms with van der Waals surface area (Å²) in [5.74, 6) is -0.260. The van der Waals surface area contributed by atoms with E-state index in [1.807, 2.05) is 69.7 Å². The van der Waals surface area contributed by atoms with Gasteiger partial charge < -0.3 is 29.5 Å². The van der Waals surface area contributed by atoms with Crippen molar-refractivity contribution in [3.63, 3.8) is 0 Å². The third-order valence-electron chi connectivity index (χ3n) is 10.8. The van der Waals surface area contributed by atoms with Crippen molar-refractivity contribution in [1.82, 2.24) is 34.9 Å². The summed E-state index contributed by atoms with van der Waals surface area (Å²) in [6, 6.07) is 6.01. The first kappa shape index (κ1) is 34.7. The summed E-state index contributed by atoms with van der Waals surface area (Å²) in [4.78, 5) is 42.2. The van der Waals surface area contributed by atoms with E-state index in [4.69, 9.17) is 19.6 Å². The van der Waals surface area contributed by atoms with Gasteiger partial charge >= 0.3 is 6.09 Å². The van der Waals surface area contributed by atoms with Gasteiger partial charge in [-0.15, -0.1) is 0 Å². The molecule has 4 aliphatic rings. The summed E-state index contributed by atoms with van der Waals surface area (Å²) in [6.07, 6.45) is 7.00. The predicted octanol–water partition coefficient (Wildman–Crippen LogP) is 6.16. The molecule has 0 radical (unpaired) electrons. The third-order valence-corrected chi connectivity index (χ3v) is 10.8. The smallest absolute Gasteiger partial charge is 0.410 e. The van der Waals surface area contributed by atoms with Crippen LogP contribution in [0.4, 0.5) is 15.0 Å². The number of amides is 2. The molecule has 2 aromatic carbocycles. The first-order valence-corrected chi connectivity index (χ1v) is 18.7. The fourth-order valence-corrected chi connectivity index (χ4v) is 8.17. The molecule has 12 nitrogen and oxygen atoms in total. The van der Waals surface area contributed by atoms with Gasteiger partial charge in [0.2, 0.25) is 5.82 Å². The molecule has 276 valence electrons. The van der Waals surface area contributed by atoms with Crippen molar-refractivity contribution in [2.24, 2.45) is 0 Å². The molecule has 1 aliphatic carbocycles. The fraction of sp³-hybridized carbons (Fsp3) is 0.564. The first-order valence-electron chi connectivity index (χ1n) is 18.7. The van der Waals surface area contributed by atoms with Crippen LogP contribution in [-0.2, 0) is 9.47 Å². The highest BCUT2D eigenvalue weighted by atomic mass is 19.1. The zero-order chi connectivity index (χ0) is 36.5. The number of benzene rings is 2.